The molecule has 0 aliphatic carbocycles. The van der Waals surface area contributed by atoms with Gasteiger partial charge in [0.25, 0.3) is 0 Å². The molecule has 0 N–H and O–H groups in total. The maximum Gasteiger partial charge on any atom is 0.415 e. The number of anilines is 1. The standard InChI is InChI=1S/C21H35N3O2/c1-6-8-15-23-16-10-9-13-18(23)17-12-11-14-22-19(17)24(7-2)20(25)26-21(3,4)5/h11-12,14,18H,6-10,13,15-16H2,1-5H3. The molecule has 1 aromatic rings. The molecule has 0 bridgehead atoms. The summed E-state index contributed by atoms with van der Waals surface area (Å²) in [6.07, 6.45) is 7.44. The molecule has 1 amide bonds. The number of piperidine rings is 1. The second kappa shape index (κ2) is 9.36. The fourth-order valence-corrected chi connectivity index (χ4v) is 3.55. The second-order valence-corrected chi connectivity index (χ2v) is 8.04. The summed E-state index contributed by atoms with van der Waals surface area (Å²) in [7, 11) is 0. The molecule has 0 saturated carbocycles. The Morgan fingerprint density at radius 1 is 1.35 bits per heavy atom. The summed E-state index contributed by atoms with van der Waals surface area (Å²) < 4.78 is 5.61. The van der Waals surface area contributed by atoms with E-state index in [1.807, 2.05) is 33.8 Å². The van der Waals surface area contributed by atoms with E-state index in [9.17, 15) is 4.79 Å². The molecular formula is C21H35N3O2. The van der Waals surface area contributed by atoms with Crippen LogP contribution in [0.25, 0.3) is 0 Å². The van der Waals surface area contributed by atoms with Gasteiger partial charge in [-0.2, -0.15) is 0 Å². The van der Waals surface area contributed by atoms with E-state index in [4.69, 9.17) is 4.74 Å². The van der Waals surface area contributed by atoms with Crippen LogP contribution in [0.4, 0.5) is 10.6 Å². The Bertz CT molecular complexity index is 583. The predicted molar refractivity (Wildman–Crippen MR) is 107 cm³/mol. The molecule has 1 aromatic heterocycles. The minimum atomic E-state index is -0.516. The van der Waals surface area contributed by atoms with Gasteiger partial charge in [0.1, 0.15) is 11.4 Å². The number of unbranched alkanes of at least 4 members (excludes halogenated alkanes) is 1. The maximum atomic E-state index is 12.7. The highest BCUT2D eigenvalue weighted by Gasteiger charge is 2.30. The molecule has 5 nitrogen and oxygen atoms in total. The highest BCUT2D eigenvalue weighted by Crippen LogP contribution is 2.36. The van der Waals surface area contributed by atoms with Crippen LogP contribution < -0.4 is 4.90 Å². The molecule has 5 heteroatoms. The number of hydrogen-bond donors (Lipinski definition) is 0. The van der Waals surface area contributed by atoms with Crippen LogP contribution in [0.2, 0.25) is 0 Å². The number of hydrogen-bond acceptors (Lipinski definition) is 4. The largest absolute Gasteiger partial charge is 0.443 e. The Balaban J connectivity index is 2.31. The number of rotatable bonds is 6. The molecule has 2 rings (SSSR count). The Labute approximate surface area is 158 Å². The number of carbonyl (C=O) groups is 1. The van der Waals surface area contributed by atoms with Crippen molar-refractivity contribution in [2.45, 2.75) is 78.4 Å². The first-order chi connectivity index (χ1) is 12.4. The zero-order chi connectivity index (χ0) is 19.2. The van der Waals surface area contributed by atoms with Crippen molar-refractivity contribution in [3.8, 4) is 0 Å². The van der Waals surface area contributed by atoms with Gasteiger partial charge in [-0.1, -0.05) is 25.8 Å². The lowest BCUT2D eigenvalue weighted by Gasteiger charge is -2.37. The van der Waals surface area contributed by atoms with Gasteiger partial charge in [-0.3, -0.25) is 9.80 Å². The summed E-state index contributed by atoms with van der Waals surface area (Å²) in [5.41, 5.74) is 0.633. The molecule has 1 saturated heterocycles. The van der Waals surface area contributed by atoms with E-state index in [2.05, 4.69) is 22.9 Å². The lowest BCUT2D eigenvalue weighted by molar-refractivity contribution is 0.0580. The van der Waals surface area contributed by atoms with Crippen LogP contribution in [-0.4, -0.2) is 41.2 Å². The Kier molecular flexibility index (Phi) is 7.44. The van der Waals surface area contributed by atoms with Crippen LogP contribution in [0, 0.1) is 0 Å². The van der Waals surface area contributed by atoms with E-state index in [1.54, 1.807) is 11.1 Å². The molecule has 2 heterocycles. The van der Waals surface area contributed by atoms with Crippen LogP contribution in [0.3, 0.4) is 0 Å². The fourth-order valence-electron chi connectivity index (χ4n) is 3.55. The molecule has 0 spiro atoms. The van der Waals surface area contributed by atoms with Crippen LogP contribution in [-0.2, 0) is 4.74 Å². The van der Waals surface area contributed by atoms with Crippen LogP contribution in [0.1, 0.15) is 78.3 Å². The van der Waals surface area contributed by atoms with E-state index in [1.165, 1.54) is 25.7 Å². The number of carbonyl (C=O) groups excluding carboxylic acids is 1. The smallest absolute Gasteiger partial charge is 0.415 e. The molecule has 1 aliphatic rings. The summed E-state index contributed by atoms with van der Waals surface area (Å²) in [6, 6.07) is 4.44. The topological polar surface area (TPSA) is 45.7 Å². The van der Waals surface area contributed by atoms with Gasteiger partial charge in [-0.25, -0.2) is 9.78 Å². The van der Waals surface area contributed by atoms with E-state index in [0.29, 0.717) is 12.6 Å². The molecule has 146 valence electrons. The average molecular weight is 362 g/mol. The number of amides is 1. The summed E-state index contributed by atoms with van der Waals surface area (Å²) in [5.74, 6) is 0.748. The minimum Gasteiger partial charge on any atom is -0.443 e. The molecule has 1 unspecified atom stereocenters. The zero-order valence-electron chi connectivity index (χ0n) is 17.1. The van der Waals surface area contributed by atoms with Gasteiger partial charge in [0.05, 0.1) is 0 Å². The quantitative estimate of drug-likeness (QED) is 0.701. The number of aromatic nitrogens is 1. The van der Waals surface area contributed by atoms with Crippen molar-refractivity contribution in [2.24, 2.45) is 0 Å². The van der Waals surface area contributed by atoms with Gasteiger partial charge < -0.3 is 4.74 Å². The number of likely N-dealkylation sites (tertiary alicyclic amines) is 1. The molecule has 0 radical (unpaired) electrons. The molecular weight excluding hydrogens is 326 g/mol. The van der Waals surface area contributed by atoms with Gasteiger partial charge in [0.15, 0.2) is 0 Å². The van der Waals surface area contributed by atoms with Gasteiger partial charge in [-0.15, -0.1) is 0 Å². The first kappa shape index (κ1) is 20.7. The zero-order valence-corrected chi connectivity index (χ0v) is 17.1. The van der Waals surface area contributed by atoms with Crippen LogP contribution >= 0.6 is 0 Å². The van der Waals surface area contributed by atoms with Crippen molar-refractivity contribution in [1.82, 2.24) is 9.88 Å². The van der Waals surface area contributed by atoms with Crippen molar-refractivity contribution in [3.63, 3.8) is 0 Å². The summed E-state index contributed by atoms with van der Waals surface area (Å²) in [5, 5.41) is 0. The van der Waals surface area contributed by atoms with Crippen molar-refractivity contribution in [2.75, 3.05) is 24.5 Å². The number of pyridine rings is 1. The van der Waals surface area contributed by atoms with Crippen molar-refractivity contribution >= 4 is 11.9 Å². The fraction of sp³-hybridized carbons (Fsp3) is 0.714. The van der Waals surface area contributed by atoms with Crippen LogP contribution in [0.5, 0.6) is 0 Å². The van der Waals surface area contributed by atoms with E-state index in [-0.39, 0.29) is 6.09 Å². The Hall–Kier alpha value is -1.62. The lowest BCUT2D eigenvalue weighted by Crippen LogP contribution is -2.39. The van der Waals surface area contributed by atoms with Gasteiger partial charge in [0, 0.05) is 24.3 Å². The predicted octanol–water partition coefficient (Wildman–Crippen LogP) is 5.17. The highest BCUT2D eigenvalue weighted by atomic mass is 16.6. The molecule has 1 fully saturated rings. The third kappa shape index (κ3) is 5.44. The lowest BCUT2D eigenvalue weighted by atomic mass is 9.95. The molecule has 0 aromatic carbocycles. The van der Waals surface area contributed by atoms with Crippen LogP contribution in [0.15, 0.2) is 18.3 Å². The number of ether oxygens (including phenoxy) is 1. The third-order valence-electron chi connectivity index (χ3n) is 4.77. The van der Waals surface area contributed by atoms with E-state index < -0.39 is 5.60 Å². The summed E-state index contributed by atoms with van der Waals surface area (Å²) in [6.45, 7) is 12.7. The molecule has 1 atom stereocenters. The van der Waals surface area contributed by atoms with E-state index in [0.717, 1.165) is 30.9 Å². The monoisotopic (exact) mass is 361 g/mol. The van der Waals surface area contributed by atoms with Crippen molar-refractivity contribution in [1.29, 1.82) is 0 Å². The highest BCUT2D eigenvalue weighted by molar-refractivity contribution is 5.87. The first-order valence-corrected chi connectivity index (χ1v) is 10.1. The summed E-state index contributed by atoms with van der Waals surface area (Å²) >= 11 is 0. The normalized spacial score (nSPS) is 18.6. The van der Waals surface area contributed by atoms with Gasteiger partial charge >= 0.3 is 6.09 Å². The van der Waals surface area contributed by atoms with Gasteiger partial charge in [0.2, 0.25) is 0 Å². The summed E-state index contributed by atoms with van der Waals surface area (Å²) in [4.78, 5) is 21.6. The Morgan fingerprint density at radius 2 is 2.12 bits per heavy atom. The Morgan fingerprint density at radius 3 is 2.77 bits per heavy atom. The third-order valence-corrected chi connectivity index (χ3v) is 4.77. The first-order valence-electron chi connectivity index (χ1n) is 10.1. The van der Waals surface area contributed by atoms with Crippen molar-refractivity contribution < 1.29 is 9.53 Å². The minimum absolute atomic E-state index is 0.323. The second-order valence-electron chi connectivity index (χ2n) is 8.04. The maximum absolute atomic E-state index is 12.7. The molecule has 26 heavy (non-hydrogen) atoms. The SMILES string of the molecule is CCCCN1CCCCC1c1cccnc1N(CC)C(=O)OC(C)(C)C. The average Bonchev–Trinajstić information content (AvgIpc) is 2.60. The van der Waals surface area contributed by atoms with E-state index >= 15 is 0 Å². The van der Waals surface area contributed by atoms with Crippen molar-refractivity contribution in [3.05, 3.63) is 23.9 Å². The molecule has 1 aliphatic heterocycles. The number of nitrogens with zero attached hydrogens (tertiary/aromatic N) is 3. The van der Waals surface area contributed by atoms with Gasteiger partial charge in [-0.05, 0) is 66.1 Å².